The van der Waals surface area contributed by atoms with Gasteiger partial charge >= 0.3 is 24.7 Å². The minimum atomic E-state index is -5.89. The van der Waals surface area contributed by atoms with Crippen molar-refractivity contribution < 1.29 is 52.7 Å². The molecule has 0 nitrogen and oxygen atoms in total. The maximum absolute atomic E-state index is 13.8. The maximum Gasteiger partial charge on any atom is 0.416 e. The molecule has 0 aromatic heterocycles. The summed E-state index contributed by atoms with van der Waals surface area (Å²) in [6, 6.07) is 0.182. The van der Waals surface area contributed by atoms with Gasteiger partial charge in [-0.3, -0.25) is 0 Å². The Morgan fingerprint density at radius 2 is 1.14 bits per heavy atom. The standard InChI is InChI=1S/C16H8F12/c17-13(18,19)8-3-2-6-12(7-8,16(26,27)28)11-9(14(20,21)22)4-1-5-10(11)15(23,24)25/h1-6H,7H2. The highest BCUT2D eigenvalue weighted by Crippen LogP contribution is 2.56. The average Bonchev–Trinajstić information content (AvgIpc) is 2.50. The molecule has 2 rings (SSSR count). The van der Waals surface area contributed by atoms with Crippen LogP contribution < -0.4 is 0 Å². The summed E-state index contributed by atoms with van der Waals surface area (Å²) in [5.41, 5.74) is -13.0. The molecule has 0 saturated carbocycles. The van der Waals surface area contributed by atoms with Crippen LogP contribution in [-0.4, -0.2) is 12.4 Å². The van der Waals surface area contributed by atoms with E-state index in [1.807, 2.05) is 0 Å². The molecule has 0 amide bonds. The van der Waals surface area contributed by atoms with Gasteiger partial charge in [-0.2, -0.15) is 52.7 Å². The zero-order valence-electron chi connectivity index (χ0n) is 13.2. The van der Waals surface area contributed by atoms with E-state index in [2.05, 4.69) is 0 Å². The van der Waals surface area contributed by atoms with Gasteiger partial charge in [0.25, 0.3) is 0 Å². The predicted molar refractivity (Wildman–Crippen MR) is 72.1 cm³/mol. The quantitative estimate of drug-likeness (QED) is 0.424. The molecule has 156 valence electrons. The first kappa shape index (κ1) is 22.2. The first-order chi connectivity index (χ1) is 12.4. The highest BCUT2D eigenvalue weighted by molar-refractivity contribution is 5.51. The molecule has 0 bridgehead atoms. The minimum absolute atomic E-state index is 0.0303. The van der Waals surface area contributed by atoms with Crippen molar-refractivity contribution in [2.45, 2.75) is 36.5 Å². The smallest absolute Gasteiger partial charge is 0.170 e. The van der Waals surface area contributed by atoms with Crippen LogP contribution in [0.25, 0.3) is 0 Å². The number of hydrogen-bond donors (Lipinski definition) is 0. The molecule has 0 aliphatic heterocycles. The number of benzene rings is 1. The fourth-order valence-electron chi connectivity index (χ4n) is 2.96. The van der Waals surface area contributed by atoms with Crippen LogP contribution in [0.2, 0.25) is 0 Å². The van der Waals surface area contributed by atoms with Crippen LogP contribution in [-0.2, 0) is 17.8 Å². The van der Waals surface area contributed by atoms with E-state index in [1.54, 1.807) is 0 Å². The molecule has 12 heteroatoms. The molecule has 1 aliphatic carbocycles. The van der Waals surface area contributed by atoms with Crippen LogP contribution in [0.5, 0.6) is 0 Å². The second-order valence-corrected chi connectivity index (χ2v) is 5.92. The van der Waals surface area contributed by atoms with Gasteiger partial charge in [0.05, 0.1) is 11.1 Å². The Kier molecular flexibility index (Phi) is 5.10. The molecular weight excluding hydrogens is 420 g/mol. The van der Waals surface area contributed by atoms with E-state index in [-0.39, 0.29) is 36.4 Å². The molecule has 0 spiro atoms. The predicted octanol–water partition coefficient (Wildman–Crippen LogP) is 6.97. The summed E-state index contributed by atoms with van der Waals surface area (Å²) in [5, 5.41) is 0. The van der Waals surface area contributed by atoms with Crippen LogP contribution in [0.1, 0.15) is 23.1 Å². The van der Waals surface area contributed by atoms with Gasteiger partial charge < -0.3 is 0 Å². The van der Waals surface area contributed by atoms with Gasteiger partial charge in [0, 0.05) is 5.57 Å². The van der Waals surface area contributed by atoms with E-state index in [0.717, 1.165) is 0 Å². The topological polar surface area (TPSA) is 0 Å². The van der Waals surface area contributed by atoms with E-state index in [1.165, 1.54) is 0 Å². The lowest BCUT2D eigenvalue weighted by molar-refractivity contribution is -0.187. The fraction of sp³-hybridized carbons (Fsp3) is 0.375. The summed E-state index contributed by atoms with van der Waals surface area (Å²) in [6.07, 6.45) is -24.6. The molecule has 0 N–H and O–H groups in total. The molecule has 1 atom stereocenters. The Morgan fingerprint density at radius 3 is 1.50 bits per heavy atom. The Labute approximate surface area is 149 Å². The van der Waals surface area contributed by atoms with Gasteiger partial charge in [0.1, 0.15) is 5.41 Å². The Balaban J connectivity index is 2.95. The van der Waals surface area contributed by atoms with E-state index in [0.29, 0.717) is 0 Å². The van der Waals surface area contributed by atoms with Crippen molar-refractivity contribution in [1.29, 1.82) is 0 Å². The Hall–Kier alpha value is -2.14. The molecule has 0 radical (unpaired) electrons. The second-order valence-electron chi connectivity index (χ2n) is 5.92. The van der Waals surface area contributed by atoms with Gasteiger partial charge in [-0.25, -0.2) is 0 Å². The molecule has 1 aromatic rings. The van der Waals surface area contributed by atoms with Crippen molar-refractivity contribution in [2.75, 3.05) is 0 Å². The van der Waals surface area contributed by atoms with Crippen LogP contribution in [0.3, 0.4) is 0 Å². The molecule has 1 unspecified atom stereocenters. The van der Waals surface area contributed by atoms with Crippen LogP contribution in [0.4, 0.5) is 52.7 Å². The van der Waals surface area contributed by atoms with Gasteiger partial charge in [-0.15, -0.1) is 0 Å². The molecule has 28 heavy (non-hydrogen) atoms. The number of alkyl halides is 12. The van der Waals surface area contributed by atoms with Crippen molar-refractivity contribution >= 4 is 0 Å². The third-order valence-electron chi connectivity index (χ3n) is 4.14. The number of allylic oxidation sites excluding steroid dienone is 4. The maximum atomic E-state index is 13.8. The third-order valence-corrected chi connectivity index (χ3v) is 4.14. The molecule has 1 aromatic carbocycles. The summed E-state index contributed by atoms with van der Waals surface area (Å²) < 4.78 is 160. The SMILES string of the molecule is FC(F)(F)C1=CC=CC(c2c(C(F)(F)F)cccc2C(F)(F)F)(C(F)(F)F)C1. The van der Waals surface area contributed by atoms with E-state index in [9.17, 15) is 52.7 Å². The lowest BCUT2D eigenvalue weighted by atomic mass is 9.68. The second kappa shape index (κ2) is 6.45. The van der Waals surface area contributed by atoms with Gasteiger partial charge in [-0.05, 0) is 24.1 Å². The summed E-state index contributed by atoms with van der Waals surface area (Å²) in [7, 11) is 0. The van der Waals surface area contributed by atoms with E-state index < -0.39 is 58.8 Å². The first-order valence-corrected chi connectivity index (χ1v) is 7.21. The van der Waals surface area contributed by atoms with E-state index >= 15 is 0 Å². The molecule has 1 aliphatic rings. The highest BCUT2D eigenvalue weighted by Gasteiger charge is 2.61. The van der Waals surface area contributed by atoms with Crippen molar-refractivity contribution in [3.05, 3.63) is 58.7 Å². The summed E-state index contributed by atoms with van der Waals surface area (Å²) in [4.78, 5) is 0. The van der Waals surface area contributed by atoms with Crippen molar-refractivity contribution in [1.82, 2.24) is 0 Å². The molecule has 0 fully saturated rings. The average molecular weight is 428 g/mol. The number of rotatable bonds is 1. The highest BCUT2D eigenvalue weighted by atomic mass is 19.4. The zero-order valence-corrected chi connectivity index (χ0v) is 13.2. The summed E-state index contributed by atoms with van der Waals surface area (Å²) >= 11 is 0. The van der Waals surface area contributed by atoms with Crippen molar-refractivity contribution in [3.63, 3.8) is 0 Å². The van der Waals surface area contributed by atoms with Crippen molar-refractivity contribution in [2.24, 2.45) is 0 Å². The van der Waals surface area contributed by atoms with Crippen LogP contribution >= 0.6 is 0 Å². The van der Waals surface area contributed by atoms with Crippen molar-refractivity contribution in [3.8, 4) is 0 Å². The Morgan fingerprint density at radius 1 is 0.679 bits per heavy atom. The monoisotopic (exact) mass is 428 g/mol. The van der Waals surface area contributed by atoms with Crippen LogP contribution in [0.15, 0.2) is 42.0 Å². The fourth-order valence-corrected chi connectivity index (χ4v) is 2.96. The largest absolute Gasteiger partial charge is 0.416 e. The first-order valence-electron chi connectivity index (χ1n) is 7.21. The lowest BCUT2D eigenvalue weighted by Gasteiger charge is -2.39. The third kappa shape index (κ3) is 3.86. The van der Waals surface area contributed by atoms with Crippen LogP contribution in [0, 0.1) is 0 Å². The van der Waals surface area contributed by atoms with Gasteiger partial charge in [-0.1, -0.05) is 24.3 Å². The summed E-state index contributed by atoms with van der Waals surface area (Å²) in [6.45, 7) is 0. The van der Waals surface area contributed by atoms with Gasteiger partial charge in [0.2, 0.25) is 0 Å². The number of halogens is 12. The number of hydrogen-bond acceptors (Lipinski definition) is 0. The van der Waals surface area contributed by atoms with E-state index in [4.69, 9.17) is 0 Å². The van der Waals surface area contributed by atoms with Gasteiger partial charge in [0.15, 0.2) is 0 Å². The minimum Gasteiger partial charge on any atom is -0.170 e. The summed E-state index contributed by atoms with van der Waals surface area (Å²) in [5.74, 6) is 0. The Bertz CT molecular complexity index is 769. The molecular formula is C16H8F12. The normalized spacial score (nSPS) is 21.6. The zero-order chi connectivity index (χ0) is 21.8. The molecule has 0 saturated heterocycles. The lowest BCUT2D eigenvalue weighted by Crippen LogP contribution is -2.46. The molecule has 0 heterocycles.